The van der Waals surface area contributed by atoms with Gasteiger partial charge in [-0.1, -0.05) is 0 Å². The fraction of sp³-hybridized carbons (Fsp3) is 0.556. The van der Waals surface area contributed by atoms with E-state index in [0.29, 0.717) is 38.5 Å². The highest BCUT2D eigenvalue weighted by atomic mass is 19.1. The summed E-state index contributed by atoms with van der Waals surface area (Å²) in [5.74, 6) is 0.169. The van der Waals surface area contributed by atoms with Crippen molar-refractivity contribution in [3.63, 3.8) is 0 Å². The van der Waals surface area contributed by atoms with Crippen molar-refractivity contribution in [2.45, 2.75) is 25.8 Å². The minimum Gasteiger partial charge on any atom is -0.494 e. The lowest BCUT2D eigenvalue weighted by Crippen LogP contribution is -2.54. The summed E-state index contributed by atoms with van der Waals surface area (Å²) in [5.41, 5.74) is 0.835. The van der Waals surface area contributed by atoms with Gasteiger partial charge in [0.05, 0.1) is 12.8 Å². The average Bonchev–Trinajstić information content (AvgIpc) is 3.11. The number of carbonyl (C=O) groups excluding carboxylic acids is 2. The molecule has 1 atom stereocenters. The third-order valence-corrected chi connectivity index (χ3v) is 5.02. The standard InChI is InChI=1S/C18H24FN3O3/c1-13(23)22-7-3-4-16(22)18(24)21-10-8-20(9-11-21)15-6-5-14(19)12-17(15)25-2/h5-6,12,16H,3-4,7-11H2,1-2H3. The second-order valence-corrected chi connectivity index (χ2v) is 6.50. The summed E-state index contributed by atoms with van der Waals surface area (Å²) < 4.78 is 18.6. The molecular weight excluding hydrogens is 325 g/mol. The second kappa shape index (κ2) is 7.29. The van der Waals surface area contributed by atoms with E-state index in [4.69, 9.17) is 4.74 Å². The number of hydrogen-bond donors (Lipinski definition) is 0. The van der Waals surface area contributed by atoms with Crippen molar-refractivity contribution in [2.75, 3.05) is 44.7 Å². The lowest BCUT2D eigenvalue weighted by Gasteiger charge is -2.38. The summed E-state index contributed by atoms with van der Waals surface area (Å²) in [4.78, 5) is 30.1. The fourth-order valence-corrected chi connectivity index (χ4v) is 3.69. The molecule has 0 spiro atoms. The minimum atomic E-state index is -0.333. The van der Waals surface area contributed by atoms with Crippen LogP contribution in [0, 0.1) is 5.82 Å². The predicted octanol–water partition coefficient (Wildman–Crippen LogP) is 1.49. The van der Waals surface area contributed by atoms with Gasteiger partial charge in [0.25, 0.3) is 0 Å². The van der Waals surface area contributed by atoms with Gasteiger partial charge in [-0.05, 0) is 25.0 Å². The summed E-state index contributed by atoms with van der Waals surface area (Å²) >= 11 is 0. The molecule has 1 aromatic carbocycles. The first-order valence-electron chi connectivity index (χ1n) is 8.65. The van der Waals surface area contributed by atoms with E-state index in [1.165, 1.54) is 26.2 Å². The van der Waals surface area contributed by atoms with Crippen molar-refractivity contribution in [1.29, 1.82) is 0 Å². The van der Waals surface area contributed by atoms with Crippen LogP contribution in [0.2, 0.25) is 0 Å². The molecule has 1 unspecified atom stereocenters. The maximum Gasteiger partial charge on any atom is 0.245 e. The molecule has 0 N–H and O–H groups in total. The third kappa shape index (κ3) is 3.55. The molecule has 25 heavy (non-hydrogen) atoms. The van der Waals surface area contributed by atoms with Crippen LogP contribution in [-0.4, -0.2) is 67.5 Å². The molecule has 2 saturated heterocycles. The van der Waals surface area contributed by atoms with Crippen molar-refractivity contribution >= 4 is 17.5 Å². The summed E-state index contributed by atoms with van der Waals surface area (Å²) in [6.07, 6.45) is 1.62. The van der Waals surface area contributed by atoms with Crippen LogP contribution < -0.4 is 9.64 Å². The Hall–Kier alpha value is -2.31. The van der Waals surface area contributed by atoms with Crippen molar-refractivity contribution in [2.24, 2.45) is 0 Å². The monoisotopic (exact) mass is 349 g/mol. The van der Waals surface area contributed by atoms with Crippen LogP contribution in [-0.2, 0) is 9.59 Å². The largest absolute Gasteiger partial charge is 0.494 e. The number of ether oxygens (including phenoxy) is 1. The van der Waals surface area contributed by atoms with Gasteiger partial charge in [0.15, 0.2) is 0 Å². The number of benzene rings is 1. The Labute approximate surface area is 147 Å². The Morgan fingerprint density at radius 2 is 1.88 bits per heavy atom. The summed E-state index contributed by atoms with van der Waals surface area (Å²) in [7, 11) is 1.52. The number of halogens is 1. The number of amides is 2. The topological polar surface area (TPSA) is 53.1 Å². The van der Waals surface area contributed by atoms with E-state index >= 15 is 0 Å². The van der Waals surface area contributed by atoms with Gasteiger partial charge >= 0.3 is 0 Å². The molecule has 2 heterocycles. The Bertz CT molecular complexity index is 659. The van der Waals surface area contributed by atoms with Gasteiger partial charge < -0.3 is 19.4 Å². The van der Waals surface area contributed by atoms with Crippen LogP contribution >= 0.6 is 0 Å². The molecule has 3 rings (SSSR count). The zero-order valence-corrected chi connectivity index (χ0v) is 14.7. The normalized spacial score (nSPS) is 20.8. The second-order valence-electron chi connectivity index (χ2n) is 6.50. The maximum atomic E-state index is 13.4. The van der Waals surface area contributed by atoms with Crippen LogP contribution in [0.15, 0.2) is 18.2 Å². The van der Waals surface area contributed by atoms with Gasteiger partial charge in [0, 0.05) is 45.7 Å². The van der Waals surface area contributed by atoms with Crippen LogP contribution in [0.5, 0.6) is 5.75 Å². The van der Waals surface area contributed by atoms with E-state index in [9.17, 15) is 14.0 Å². The Morgan fingerprint density at radius 3 is 2.52 bits per heavy atom. The molecule has 2 amide bonds. The van der Waals surface area contributed by atoms with Crippen molar-refractivity contribution in [3.05, 3.63) is 24.0 Å². The molecule has 0 bridgehead atoms. The first-order valence-corrected chi connectivity index (χ1v) is 8.65. The predicted molar refractivity (Wildman–Crippen MR) is 92.2 cm³/mol. The molecule has 136 valence electrons. The summed E-state index contributed by atoms with van der Waals surface area (Å²) in [5, 5.41) is 0. The van der Waals surface area contributed by atoms with E-state index in [1.54, 1.807) is 11.0 Å². The molecular formula is C18H24FN3O3. The lowest BCUT2D eigenvalue weighted by molar-refractivity contribution is -0.143. The molecule has 0 radical (unpaired) electrons. The first kappa shape index (κ1) is 17.5. The van der Waals surface area contributed by atoms with Gasteiger partial charge in [-0.2, -0.15) is 0 Å². The van der Waals surface area contributed by atoms with E-state index in [1.807, 2.05) is 4.90 Å². The molecule has 2 aliphatic rings. The van der Waals surface area contributed by atoms with Crippen molar-refractivity contribution in [1.82, 2.24) is 9.80 Å². The van der Waals surface area contributed by atoms with Crippen molar-refractivity contribution in [3.8, 4) is 5.75 Å². The van der Waals surface area contributed by atoms with Crippen LogP contribution in [0.25, 0.3) is 0 Å². The van der Waals surface area contributed by atoms with E-state index in [0.717, 1.165) is 18.5 Å². The van der Waals surface area contributed by atoms with Gasteiger partial charge in [0.2, 0.25) is 11.8 Å². The SMILES string of the molecule is COc1cc(F)ccc1N1CCN(C(=O)C2CCCN2C(C)=O)CC1. The number of hydrogen-bond acceptors (Lipinski definition) is 4. The molecule has 0 aliphatic carbocycles. The van der Waals surface area contributed by atoms with Crippen LogP contribution in [0.1, 0.15) is 19.8 Å². The summed E-state index contributed by atoms with van der Waals surface area (Å²) in [6.45, 7) is 4.66. The van der Waals surface area contributed by atoms with Gasteiger partial charge in [-0.3, -0.25) is 9.59 Å². The van der Waals surface area contributed by atoms with E-state index in [-0.39, 0.29) is 23.7 Å². The number of rotatable bonds is 3. The quantitative estimate of drug-likeness (QED) is 0.830. The van der Waals surface area contributed by atoms with Gasteiger partial charge in [-0.15, -0.1) is 0 Å². The molecule has 0 aromatic heterocycles. The molecule has 6 nitrogen and oxygen atoms in total. The molecule has 1 aromatic rings. The van der Waals surface area contributed by atoms with Gasteiger partial charge in [-0.25, -0.2) is 4.39 Å². The highest BCUT2D eigenvalue weighted by Gasteiger charge is 2.36. The lowest BCUT2D eigenvalue weighted by atomic mass is 10.1. The highest BCUT2D eigenvalue weighted by molar-refractivity contribution is 5.87. The average molecular weight is 349 g/mol. The van der Waals surface area contributed by atoms with Crippen LogP contribution in [0.3, 0.4) is 0 Å². The molecule has 7 heteroatoms. The maximum absolute atomic E-state index is 13.4. The zero-order chi connectivity index (χ0) is 18.0. The number of carbonyl (C=O) groups is 2. The molecule has 0 saturated carbocycles. The van der Waals surface area contributed by atoms with E-state index < -0.39 is 0 Å². The number of methoxy groups -OCH3 is 1. The Kier molecular flexibility index (Phi) is 5.11. The minimum absolute atomic E-state index is 0.0365. The van der Waals surface area contributed by atoms with Crippen LogP contribution in [0.4, 0.5) is 10.1 Å². The molecule has 2 aliphatic heterocycles. The summed E-state index contributed by atoms with van der Waals surface area (Å²) in [6, 6.07) is 4.18. The number of nitrogens with zero attached hydrogens (tertiary/aromatic N) is 3. The smallest absolute Gasteiger partial charge is 0.245 e. The Morgan fingerprint density at radius 1 is 1.16 bits per heavy atom. The number of piperazine rings is 1. The van der Waals surface area contributed by atoms with Crippen molar-refractivity contribution < 1.29 is 18.7 Å². The fourth-order valence-electron chi connectivity index (χ4n) is 3.69. The number of likely N-dealkylation sites (tertiary alicyclic amines) is 1. The van der Waals surface area contributed by atoms with Gasteiger partial charge in [0.1, 0.15) is 17.6 Å². The van der Waals surface area contributed by atoms with E-state index in [2.05, 4.69) is 4.90 Å². The Balaban J connectivity index is 1.64. The highest BCUT2D eigenvalue weighted by Crippen LogP contribution is 2.30. The number of anilines is 1. The molecule has 2 fully saturated rings. The first-order chi connectivity index (χ1) is 12.0. The zero-order valence-electron chi connectivity index (χ0n) is 14.7. The third-order valence-electron chi connectivity index (χ3n) is 5.02.